The first-order chi connectivity index (χ1) is 8.29. The lowest BCUT2D eigenvalue weighted by molar-refractivity contribution is -0.126. The number of sulfonamides is 1. The molecule has 5 nitrogen and oxygen atoms in total. The van der Waals surface area contributed by atoms with Gasteiger partial charge in [0.1, 0.15) is 0 Å². The minimum absolute atomic E-state index is 0.0269. The van der Waals surface area contributed by atoms with E-state index in [2.05, 4.69) is 4.72 Å². The van der Waals surface area contributed by atoms with E-state index in [0.717, 1.165) is 9.75 Å². The Morgan fingerprint density at radius 1 is 1.44 bits per heavy atom. The minimum Gasteiger partial charge on any atom is -0.344 e. The van der Waals surface area contributed by atoms with Crippen molar-refractivity contribution in [1.29, 1.82) is 0 Å². The third-order valence-electron chi connectivity index (χ3n) is 2.95. The summed E-state index contributed by atoms with van der Waals surface area (Å²) in [6, 6.07) is 1.34. The van der Waals surface area contributed by atoms with E-state index in [9.17, 15) is 13.2 Å². The largest absolute Gasteiger partial charge is 0.344 e. The lowest BCUT2D eigenvalue weighted by atomic mass is 10.3. The van der Waals surface area contributed by atoms with Gasteiger partial charge in [0.2, 0.25) is 15.9 Å². The molecule has 1 aromatic rings. The lowest BCUT2D eigenvalue weighted by Gasteiger charge is -2.12. The predicted octanol–water partition coefficient (Wildman–Crippen LogP) is 0.874. The zero-order chi connectivity index (χ0) is 13.5. The van der Waals surface area contributed by atoms with Crippen molar-refractivity contribution in [3.8, 4) is 0 Å². The number of thiophene rings is 1. The molecular weight excluding hydrogens is 272 g/mol. The summed E-state index contributed by atoms with van der Waals surface area (Å²) in [7, 11) is -1.84. The van der Waals surface area contributed by atoms with Crippen LogP contribution >= 0.6 is 11.3 Å². The molecule has 1 aliphatic rings. The van der Waals surface area contributed by atoms with E-state index in [1.807, 2.05) is 6.92 Å². The Bertz CT molecular complexity index is 577. The van der Waals surface area contributed by atoms with Crippen LogP contribution in [0.1, 0.15) is 16.2 Å². The molecule has 2 rings (SSSR count). The average Bonchev–Trinajstić information content (AvgIpc) is 2.70. The standard InChI is InChI=1S/C11H16N2O3S2/c1-7-4-10(8(2)17-7)18(15,16)12-9-5-11(14)13(3)6-9/h4,9,12H,5-6H2,1-3H3/t9-/m0/s1. The van der Waals surface area contributed by atoms with E-state index in [0.29, 0.717) is 11.4 Å². The number of nitrogens with one attached hydrogen (secondary N) is 1. The van der Waals surface area contributed by atoms with Crippen molar-refractivity contribution in [2.45, 2.75) is 31.2 Å². The van der Waals surface area contributed by atoms with E-state index in [-0.39, 0.29) is 18.4 Å². The number of nitrogens with zero attached hydrogens (tertiary/aromatic N) is 1. The number of likely N-dealkylation sites (N-methyl/N-ethyl adjacent to an activating group) is 1. The van der Waals surface area contributed by atoms with Crippen molar-refractivity contribution in [1.82, 2.24) is 9.62 Å². The highest BCUT2D eigenvalue weighted by Crippen LogP contribution is 2.25. The van der Waals surface area contributed by atoms with Gasteiger partial charge in [-0.25, -0.2) is 13.1 Å². The van der Waals surface area contributed by atoms with E-state index in [4.69, 9.17) is 0 Å². The zero-order valence-corrected chi connectivity index (χ0v) is 12.2. The molecule has 1 aliphatic heterocycles. The number of carbonyl (C=O) groups is 1. The number of hydrogen-bond acceptors (Lipinski definition) is 4. The quantitative estimate of drug-likeness (QED) is 0.897. The molecule has 0 bridgehead atoms. The van der Waals surface area contributed by atoms with Crippen LogP contribution in [0.2, 0.25) is 0 Å². The van der Waals surface area contributed by atoms with Crippen LogP contribution in [0.25, 0.3) is 0 Å². The topological polar surface area (TPSA) is 66.5 Å². The molecule has 1 saturated heterocycles. The van der Waals surface area contributed by atoms with Crippen molar-refractivity contribution in [3.05, 3.63) is 15.8 Å². The van der Waals surface area contributed by atoms with Crippen LogP contribution in [0.5, 0.6) is 0 Å². The van der Waals surface area contributed by atoms with Gasteiger partial charge in [-0.1, -0.05) is 0 Å². The van der Waals surface area contributed by atoms with E-state index < -0.39 is 10.0 Å². The van der Waals surface area contributed by atoms with Crippen molar-refractivity contribution >= 4 is 27.3 Å². The second-order valence-electron chi connectivity index (χ2n) is 4.57. The van der Waals surface area contributed by atoms with Gasteiger partial charge in [-0.2, -0.15) is 0 Å². The molecule has 1 N–H and O–H groups in total. The second kappa shape index (κ2) is 4.64. The third kappa shape index (κ3) is 2.57. The number of carbonyl (C=O) groups excluding carboxylic acids is 1. The molecule has 100 valence electrons. The lowest BCUT2D eigenvalue weighted by Crippen LogP contribution is -2.36. The van der Waals surface area contributed by atoms with Gasteiger partial charge < -0.3 is 4.90 Å². The fourth-order valence-electron chi connectivity index (χ4n) is 2.10. The van der Waals surface area contributed by atoms with Gasteiger partial charge in [-0.15, -0.1) is 11.3 Å². The van der Waals surface area contributed by atoms with Gasteiger partial charge >= 0.3 is 0 Å². The molecular formula is C11H16N2O3S2. The van der Waals surface area contributed by atoms with Crippen molar-refractivity contribution in [2.24, 2.45) is 0 Å². The van der Waals surface area contributed by atoms with Crippen LogP contribution in [0.15, 0.2) is 11.0 Å². The number of amides is 1. The van der Waals surface area contributed by atoms with Crippen LogP contribution in [0, 0.1) is 13.8 Å². The smallest absolute Gasteiger partial charge is 0.241 e. The summed E-state index contributed by atoms with van der Waals surface area (Å²) in [5.74, 6) is -0.0269. The SMILES string of the molecule is Cc1cc(S(=O)(=O)N[C@H]2CC(=O)N(C)C2)c(C)s1. The van der Waals surface area contributed by atoms with Crippen molar-refractivity contribution < 1.29 is 13.2 Å². The van der Waals surface area contributed by atoms with Crippen LogP contribution in [-0.2, 0) is 14.8 Å². The number of hydrogen-bond donors (Lipinski definition) is 1. The fraction of sp³-hybridized carbons (Fsp3) is 0.545. The van der Waals surface area contributed by atoms with Gasteiger partial charge in [0.15, 0.2) is 0 Å². The van der Waals surface area contributed by atoms with Crippen molar-refractivity contribution in [3.63, 3.8) is 0 Å². The van der Waals surface area contributed by atoms with Gasteiger partial charge in [0.25, 0.3) is 0 Å². The number of aryl methyl sites for hydroxylation is 2. The molecule has 0 radical (unpaired) electrons. The normalized spacial score (nSPS) is 20.7. The molecule has 0 aromatic carbocycles. The third-order valence-corrected chi connectivity index (χ3v) is 5.69. The van der Waals surface area contributed by atoms with Gasteiger partial charge in [-0.3, -0.25) is 4.79 Å². The molecule has 2 heterocycles. The second-order valence-corrected chi connectivity index (χ2v) is 7.72. The molecule has 1 fully saturated rings. The first-order valence-corrected chi connectivity index (χ1v) is 7.93. The summed E-state index contributed by atoms with van der Waals surface area (Å²) < 4.78 is 27.0. The Morgan fingerprint density at radius 3 is 2.56 bits per heavy atom. The van der Waals surface area contributed by atoms with E-state index >= 15 is 0 Å². The predicted molar refractivity (Wildman–Crippen MR) is 70.2 cm³/mol. The van der Waals surface area contributed by atoms with Crippen LogP contribution in [0.3, 0.4) is 0 Å². The monoisotopic (exact) mass is 288 g/mol. The van der Waals surface area contributed by atoms with Crippen LogP contribution < -0.4 is 4.72 Å². The summed E-state index contributed by atoms with van der Waals surface area (Å²) in [5, 5.41) is 0. The molecule has 1 aromatic heterocycles. The van der Waals surface area contributed by atoms with Crippen LogP contribution in [-0.4, -0.2) is 38.9 Å². The summed E-state index contributed by atoms with van der Waals surface area (Å²) in [5.41, 5.74) is 0. The number of likely N-dealkylation sites (tertiary alicyclic amines) is 1. The highest BCUT2D eigenvalue weighted by molar-refractivity contribution is 7.89. The molecule has 1 amide bonds. The Kier molecular flexibility index (Phi) is 3.48. The summed E-state index contributed by atoms with van der Waals surface area (Å²) in [6.07, 6.45) is 0.234. The van der Waals surface area contributed by atoms with E-state index in [1.54, 1.807) is 24.9 Å². The summed E-state index contributed by atoms with van der Waals surface area (Å²) in [4.78, 5) is 15.0. The maximum atomic E-state index is 12.2. The maximum absolute atomic E-state index is 12.2. The first-order valence-electron chi connectivity index (χ1n) is 5.63. The molecule has 7 heteroatoms. The molecule has 1 atom stereocenters. The fourth-order valence-corrected chi connectivity index (χ4v) is 4.88. The highest BCUT2D eigenvalue weighted by Gasteiger charge is 2.31. The minimum atomic E-state index is -3.52. The average molecular weight is 288 g/mol. The Balaban J connectivity index is 2.18. The Labute approximate surface area is 111 Å². The van der Waals surface area contributed by atoms with Crippen molar-refractivity contribution in [2.75, 3.05) is 13.6 Å². The Morgan fingerprint density at radius 2 is 2.11 bits per heavy atom. The van der Waals surface area contributed by atoms with Gasteiger partial charge in [0, 0.05) is 35.8 Å². The highest BCUT2D eigenvalue weighted by atomic mass is 32.2. The maximum Gasteiger partial charge on any atom is 0.241 e. The number of rotatable bonds is 3. The zero-order valence-electron chi connectivity index (χ0n) is 10.6. The van der Waals surface area contributed by atoms with Crippen LogP contribution in [0.4, 0.5) is 0 Å². The van der Waals surface area contributed by atoms with Gasteiger partial charge in [0.05, 0.1) is 4.90 Å². The first kappa shape index (κ1) is 13.5. The van der Waals surface area contributed by atoms with E-state index in [1.165, 1.54) is 11.3 Å². The summed E-state index contributed by atoms with van der Waals surface area (Å²) in [6.45, 7) is 4.10. The summed E-state index contributed by atoms with van der Waals surface area (Å²) >= 11 is 1.46. The molecule has 18 heavy (non-hydrogen) atoms. The van der Waals surface area contributed by atoms with Gasteiger partial charge in [-0.05, 0) is 19.9 Å². The molecule has 0 aliphatic carbocycles. The molecule has 0 spiro atoms. The Hall–Kier alpha value is -0.920. The molecule has 0 unspecified atom stereocenters. The molecule has 0 saturated carbocycles.